The van der Waals surface area contributed by atoms with E-state index < -0.39 is 0 Å². The Hall–Kier alpha value is -2.96. The highest BCUT2D eigenvalue weighted by molar-refractivity contribution is 5.92. The standard InChI is InChI=1S/C21H25N3O4/c25-18-7-2-1-6-17(18)22-10-12-23(13-11-22)20(26)16-5-3-9-24(15-16)21(27)19-8-4-14-28-19/h1-2,4,6-8,14,16,25H,3,5,9-13,15H2/t16-/m0/s1. The van der Waals surface area contributed by atoms with Gasteiger partial charge in [0.15, 0.2) is 5.76 Å². The Morgan fingerprint density at radius 1 is 0.964 bits per heavy atom. The molecule has 0 bridgehead atoms. The van der Waals surface area contributed by atoms with Gasteiger partial charge in [0.05, 0.1) is 17.9 Å². The number of phenolic OH excluding ortho intramolecular Hbond substituents is 1. The number of likely N-dealkylation sites (tertiary alicyclic amines) is 1. The summed E-state index contributed by atoms with van der Waals surface area (Å²) in [6.45, 7) is 3.71. The van der Waals surface area contributed by atoms with Crippen molar-refractivity contribution in [2.24, 2.45) is 5.92 Å². The average molecular weight is 383 g/mol. The summed E-state index contributed by atoms with van der Waals surface area (Å²) in [7, 11) is 0. The van der Waals surface area contributed by atoms with E-state index in [2.05, 4.69) is 4.90 Å². The third-order valence-electron chi connectivity index (χ3n) is 5.60. The monoisotopic (exact) mass is 383 g/mol. The molecule has 148 valence electrons. The fraction of sp³-hybridized carbons (Fsp3) is 0.429. The summed E-state index contributed by atoms with van der Waals surface area (Å²) in [5.41, 5.74) is 0.808. The zero-order chi connectivity index (χ0) is 19.5. The first-order valence-electron chi connectivity index (χ1n) is 9.78. The summed E-state index contributed by atoms with van der Waals surface area (Å²) in [4.78, 5) is 31.2. The van der Waals surface area contributed by atoms with Gasteiger partial charge in [-0.05, 0) is 37.1 Å². The normalized spacial score (nSPS) is 20.3. The highest BCUT2D eigenvalue weighted by atomic mass is 16.3. The zero-order valence-electron chi connectivity index (χ0n) is 15.8. The molecule has 28 heavy (non-hydrogen) atoms. The SMILES string of the molecule is O=C(c1ccco1)N1CCC[C@H](C(=O)N2CCN(c3ccccc3O)CC2)C1. The van der Waals surface area contributed by atoms with E-state index in [1.54, 1.807) is 29.2 Å². The second-order valence-electron chi connectivity index (χ2n) is 7.37. The first-order chi connectivity index (χ1) is 13.6. The molecule has 2 aromatic rings. The molecule has 0 spiro atoms. The first-order valence-corrected chi connectivity index (χ1v) is 9.78. The maximum absolute atomic E-state index is 13.0. The third kappa shape index (κ3) is 3.69. The molecule has 2 fully saturated rings. The van der Waals surface area contributed by atoms with Crippen molar-refractivity contribution in [1.82, 2.24) is 9.80 Å². The van der Waals surface area contributed by atoms with E-state index >= 15 is 0 Å². The molecule has 1 aromatic carbocycles. The first kappa shape index (κ1) is 18.4. The molecule has 0 unspecified atom stereocenters. The highest BCUT2D eigenvalue weighted by Crippen LogP contribution is 2.28. The minimum atomic E-state index is -0.163. The fourth-order valence-electron chi connectivity index (χ4n) is 4.08. The van der Waals surface area contributed by atoms with Gasteiger partial charge in [-0.25, -0.2) is 0 Å². The Balaban J connectivity index is 1.35. The Kier molecular flexibility index (Phi) is 5.23. The molecule has 2 amide bonds. The predicted octanol–water partition coefficient (Wildman–Crippen LogP) is 2.19. The Labute approximate surface area is 164 Å². The number of rotatable bonds is 3. The van der Waals surface area contributed by atoms with Gasteiger partial charge in [-0.15, -0.1) is 0 Å². The maximum atomic E-state index is 13.0. The van der Waals surface area contributed by atoms with Crippen LogP contribution in [0.2, 0.25) is 0 Å². The Morgan fingerprint density at radius 2 is 1.75 bits per heavy atom. The van der Waals surface area contributed by atoms with Gasteiger partial charge in [0, 0.05) is 39.3 Å². The van der Waals surface area contributed by atoms with E-state index in [1.165, 1.54) is 6.26 Å². The number of nitrogens with zero attached hydrogens (tertiary/aromatic N) is 3. The van der Waals surface area contributed by atoms with Gasteiger partial charge < -0.3 is 24.2 Å². The predicted molar refractivity (Wildman–Crippen MR) is 104 cm³/mol. The van der Waals surface area contributed by atoms with Crippen molar-refractivity contribution < 1.29 is 19.1 Å². The molecule has 1 atom stereocenters. The number of hydrogen-bond donors (Lipinski definition) is 1. The summed E-state index contributed by atoms with van der Waals surface area (Å²) < 4.78 is 5.21. The van der Waals surface area contributed by atoms with E-state index in [0.717, 1.165) is 18.5 Å². The smallest absolute Gasteiger partial charge is 0.289 e. The van der Waals surface area contributed by atoms with Crippen molar-refractivity contribution in [3.63, 3.8) is 0 Å². The zero-order valence-corrected chi connectivity index (χ0v) is 15.8. The lowest BCUT2D eigenvalue weighted by atomic mass is 9.96. The van der Waals surface area contributed by atoms with Crippen LogP contribution in [0.15, 0.2) is 47.1 Å². The van der Waals surface area contributed by atoms with Crippen LogP contribution in [-0.2, 0) is 4.79 Å². The van der Waals surface area contributed by atoms with E-state index in [-0.39, 0.29) is 23.5 Å². The molecule has 7 nitrogen and oxygen atoms in total. The second-order valence-corrected chi connectivity index (χ2v) is 7.37. The number of benzene rings is 1. The van der Waals surface area contributed by atoms with Gasteiger partial charge in [0.1, 0.15) is 5.75 Å². The summed E-state index contributed by atoms with van der Waals surface area (Å²) in [6, 6.07) is 10.6. The number of piperazine rings is 1. The Bertz CT molecular complexity index is 828. The highest BCUT2D eigenvalue weighted by Gasteiger charge is 2.33. The maximum Gasteiger partial charge on any atom is 0.289 e. The van der Waals surface area contributed by atoms with Crippen LogP contribution in [0.1, 0.15) is 23.4 Å². The van der Waals surface area contributed by atoms with Crippen LogP contribution in [0.5, 0.6) is 5.75 Å². The van der Waals surface area contributed by atoms with E-state index in [0.29, 0.717) is 45.0 Å². The van der Waals surface area contributed by atoms with Crippen molar-refractivity contribution in [2.45, 2.75) is 12.8 Å². The number of anilines is 1. The number of aromatic hydroxyl groups is 1. The van der Waals surface area contributed by atoms with Gasteiger partial charge in [-0.3, -0.25) is 9.59 Å². The van der Waals surface area contributed by atoms with Crippen LogP contribution >= 0.6 is 0 Å². The van der Waals surface area contributed by atoms with Crippen molar-refractivity contribution in [2.75, 3.05) is 44.2 Å². The molecule has 2 aliphatic heterocycles. The van der Waals surface area contributed by atoms with Crippen molar-refractivity contribution in [1.29, 1.82) is 0 Å². The number of carbonyl (C=O) groups excluding carboxylic acids is 2. The number of para-hydroxylation sites is 2. The summed E-state index contributed by atoms with van der Waals surface area (Å²) >= 11 is 0. The van der Waals surface area contributed by atoms with Gasteiger partial charge in [0.2, 0.25) is 5.91 Å². The van der Waals surface area contributed by atoms with Crippen molar-refractivity contribution >= 4 is 17.5 Å². The largest absolute Gasteiger partial charge is 0.506 e. The molecule has 1 N–H and O–H groups in total. The minimum absolute atomic E-state index is 0.119. The molecule has 2 aliphatic rings. The van der Waals surface area contributed by atoms with Crippen LogP contribution in [0.4, 0.5) is 5.69 Å². The number of furan rings is 1. The summed E-state index contributed by atoms with van der Waals surface area (Å²) in [5.74, 6) is 0.399. The second kappa shape index (κ2) is 7.96. The summed E-state index contributed by atoms with van der Waals surface area (Å²) in [6.07, 6.45) is 3.12. The number of hydrogen-bond acceptors (Lipinski definition) is 5. The molecular formula is C21H25N3O4. The van der Waals surface area contributed by atoms with Gasteiger partial charge in [0.25, 0.3) is 5.91 Å². The van der Waals surface area contributed by atoms with Gasteiger partial charge >= 0.3 is 0 Å². The summed E-state index contributed by atoms with van der Waals surface area (Å²) in [5, 5.41) is 10.0. The lowest BCUT2D eigenvalue weighted by Gasteiger charge is -2.39. The molecule has 2 saturated heterocycles. The molecule has 7 heteroatoms. The number of piperidine rings is 1. The molecular weight excluding hydrogens is 358 g/mol. The van der Waals surface area contributed by atoms with E-state index in [4.69, 9.17) is 4.42 Å². The lowest BCUT2D eigenvalue weighted by molar-refractivity contribution is -0.137. The third-order valence-corrected chi connectivity index (χ3v) is 5.60. The average Bonchev–Trinajstić information content (AvgIpc) is 3.28. The van der Waals surface area contributed by atoms with Crippen LogP contribution in [0.25, 0.3) is 0 Å². The van der Waals surface area contributed by atoms with Gasteiger partial charge in [-0.1, -0.05) is 12.1 Å². The van der Waals surface area contributed by atoms with Crippen molar-refractivity contribution in [3.05, 3.63) is 48.4 Å². The minimum Gasteiger partial charge on any atom is -0.506 e. The molecule has 0 radical (unpaired) electrons. The molecule has 0 aliphatic carbocycles. The molecule has 4 rings (SSSR count). The number of carbonyl (C=O) groups is 2. The van der Waals surface area contributed by atoms with Gasteiger partial charge in [-0.2, -0.15) is 0 Å². The molecule has 1 aromatic heterocycles. The topological polar surface area (TPSA) is 77.2 Å². The quantitative estimate of drug-likeness (QED) is 0.879. The van der Waals surface area contributed by atoms with E-state index in [9.17, 15) is 14.7 Å². The van der Waals surface area contributed by atoms with Crippen LogP contribution in [0.3, 0.4) is 0 Å². The van der Waals surface area contributed by atoms with Crippen LogP contribution in [-0.4, -0.2) is 66.0 Å². The van der Waals surface area contributed by atoms with Crippen molar-refractivity contribution in [3.8, 4) is 5.75 Å². The molecule has 0 saturated carbocycles. The van der Waals surface area contributed by atoms with Crippen LogP contribution < -0.4 is 4.90 Å². The Morgan fingerprint density at radius 3 is 2.46 bits per heavy atom. The fourth-order valence-corrected chi connectivity index (χ4v) is 4.08. The van der Waals surface area contributed by atoms with Crippen LogP contribution in [0, 0.1) is 5.92 Å². The molecule has 3 heterocycles. The van der Waals surface area contributed by atoms with E-state index in [1.807, 2.05) is 17.0 Å². The number of amides is 2. The lowest BCUT2D eigenvalue weighted by Crippen LogP contribution is -2.53. The number of phenols is 1.